The molecule has 2 N–H and O–H groups in total. The summed E-state index contributed by atoms with van der Waals surface area (Å²) in [6, 6.07) is 0. The number of nitrogens with zero attached hydrogens (tertiary/aromatic N) is 1. The van der Waals surface area contributed by atoms with Crippen LogP contribution in [-0.2, 0) is 9.59 Å². The summed E-state index contributed by atoms with van der Waals surface area (Å²) in [6.07, 6.45) is 6.34. The molecule has 5 heteroatoms. The van der Waals surface area contributed by atoms with Gasteiger partial charge in [-0.15, -0.1) is 0 Å². The highest BCUT2D eigenvalue weighted by molar-refractivity contribution is 5.85. The van der Waals surface area contributed by atoms with Gasteiger partial charge in [0.15, 0.2) is 0 Å². The van der Waals surface area contributed by atoms with Crippen LogP contribution >= 0.6 is 0 Å². The van der Waals surface area contributed by atoms with Crippen molar-refractivity contribution >= 4 is 11.9 Å². The summed E-state index contributed by atoms with van der Waals surface area (Å²) in [5.74, 6) is -1.65. The highest BCUT2D eigenvalue weighted by Crippen LogP contribution is 2.29. The normalized spacial score (nSPS) is 28.4. The highest BCUT2D eigenvalue weighted by atomic mass is 16.4. The third kappa shape index (κ3) is 3.15. The van der Waals surface area contributed by atoms with Gasteiger partial charge in [0.05, 0.1) is 11.8 Å². The first-order chi connectivity index (χ1) is 9.13. The van der Waals surface area contributed by atoms with E-state index in [0.717, 1.165) is 12.8 Å². The van der Waals surface area contributed by atoms with Crippen LogP contribution in [0.1, 0.15) is 25.7 Å². The van der Waals surface area contributed by atoms with Crippen LogP contribution in [0.15, 0.2) is 12.2 Å². The number of aliphatic hydroxyl groups is 1. The van der Waals surface area contributed by atoms with E-state index in [2.05, 4.69) is 0 Å². The van der Waals surface area contributed by atoms with Crippen molar-refractivity contribution in [2.45, 2.75) is 25.7 Å². The molecule has 2 unspecified atom stereocenters. The second kappa shape index (κ2) is 6.19. The van der Waals surface area contributed by atoms with Gasteiger partial charge >= 0.3 is 5.97 Å². The van der Waals surface area contributed by atoms with E-state index in [1.807, 2.05) is 12.2 Å². The summed E-state index contributed by atoms with van der Waals surface area (Å²) in [7, 11) is 0. The zero-order valence-electron chi connectivity index (χ0n) is 11.0. The Balaban J connectivity index is 1.98. The molecule has 1 fully saturated rings. The minimum atomic E-state index is -0.882. The van der Waals surface area contributed by atoms with Crippen molar-refractivity contribution in [3.8, 4) is 0 Å². The Hall–Kier alpha value is -1.36. The fourth-order valence-corrected chi connectivity index (χ4v) is 2.93. The number of rotatable bonds is 3. The van der Waals surface area contributed by atoms with E-state index < -0.39 is 17.8 Å². The summed E-state index contributed by atoms with van der Waals surface area (Å²) in [5, 5.41) is 18.3. The molecular weight excluding hydrogens is 246 g/mol. The number of aliphatic hydroxyl groups excluding tert-OH is 1. The minimum absolute atomic E-state index is 0.0341. The van der Waals surface area contributed by atoms with Crippen LogP contribution in [-0.4, -0.2) is 46.7 Å². The fourth-order valence-electron chi connectivity index (χ4n) is 2.93. The molecule has 2 aliphatic rings. The van der Waals surface area contributed by atoms with Crippen LogP contribution in [0.5, 0.6) is 0 Å². The van der Waals surface area contributed by atoms with Crippen molar-refractivity contribution < 1.29 is 19.8 Å². The van der Waals surface area contributed by atoms with Crippen molar-refractivity contribution in [1.29, 1.82) is 0 Å². The molecule has 0 aromatic heterocycles. The molecule has 0 radical (unpaired) electrons. The third-order valence-electron chi connectivity index (χ3n) is 4.25. The second-order valence-electron chi connectivity index (χ2n) is 5.45. The van der Waals surface area contributed by atoms with E-state index in [1.165, 1.54) is 0 Å². The topological polar surface area (TPSA) is 77.8 Å². The molecule has 1 heterocycles. The van der Waals surface area contributed by atoms with Crippen LogP contribution in [0, 0.1) is 17.8 Å². The van der Waals surface area contributed by atoms with Gasteiger partial charge in [0.25, 0.3) is 0 Å². The predicted molar refractivity (Wildman–Crippen MR) is 69.4 cm³/mol. The molecule has 5 nitrogen and oxygen atoms in total. The molecule has 1 aliphatic carbocycles. The van der Waals surface area contributed by atoms with Gasteiger partial charge in [-0.2, -0.15) is 0 Å². The average Bonchev–Trinajstić information content (AvgIpc) is 2.46. The smallest absolute Gasteiger partial charge is 0.307 e. The van der Waals surface area contributed by atoms with E-state index >= 15 is 0 Å². The summed E-state index contributed by atoms with van der Waals surface area (Å²) >= 11 is 0. The first kappa shape index (κ1) is 14.1. The Morgan fingerprint density at radius 1 is 1.11 bits per heavy atom. The molecule has 2 rings (SSSR count). The zero-order chi connectivity index (χ0) is 13.8. The second-order valence-corrected chi connectivity index (χ2v) is 5.45. The molecule has 19 heavy (non-hydrogen) atoms. The van der Waals surface area contributed by atoms with Gasteiger partial charge in [0.1, 0.15) is 0 Å². The SMILES string of the molecule is O=C(O)C1CC=CCC1C(=O)N1CCC(CO)CC1. The van der Waals surface area contributed by atoms with E-state index in [9.17, 15) is 14.7 Å². The van der Waals surface area contributed by atoms with Crippen molar-refractivity contribution in [3.05, 3.63) is 12.2 Å². The lowest BCUT2D eigenvalue weighted by Crippen LogP contribution is -2.45. The van der Waals surface area contributed by atoms with Gasteiger partial charge < -0.3 is 15.1 Å². The Morgan fingerprint density at radius 3 is 2.21 bits per heavy atom. The molecule has 1 saturated heterocycles. The number of carbonyl (C=O) groups excluding carboxylic acids is 1. The van der Waals surface area contributed by atoms with E-state index in [1.54, 1.807) is 4.90 Å². The molecule has 1 aliphatic heterocycles. The molecule has 0 aromatic rings. The summed E-state index contributed by atoms with van der Waals surface area (Å²) in [6.45, 7) is 1.44. The van der Waals surface area contributed by atoms with Gasteiger partial charge in [-0.05, 0) is 31.6 Å². The number of piperidine rings is 1. The standard InChI is InChI=1S/C14H21NO4/c16-9-10-5-7-15(8-6-10)13(17)11-3-1-2-4-12(11)14(18)19/h1-2,10-12,16H,3-9H2,(H,18,19). The Morgan fingerprint density at radius 2 is 1.68 bits per heavy atom. The van der Waals surface area contributed by atoms with Gasteiger partial charge in [0, 0.05) is 19.7 Å². The maximum Gasteiger partial charge on any atom is 0.307 e. The Labute approximate surface area is 112 Å². The predicted octanol–water partition coefficient (Wildman–Crippen LogP) is 0.884. The molecule has 0 bridgehead atoms. The summed E-state index contributed by atoms with van der Waals surface area (Å²) in [5.41, 5.74) is 0. The van der Waals surface area contributed by atoms with E-state index in [0.29, 0.717) is 25.9 Å². The number of carboxylic acid groups (broad SMARTS) is 1. The van der Waals surface area contributed by atoms with Gasteiger partial charge in [-0.1, -0.05) is 12.2 Å². The maximum absolute atomic E-state index is 12.4. The lowest BCUT2D eigenvalue weighted by atomic mass is 9.81. The molecule has 2 atom stereocenters. The van der Waals surface area contributed by atoms with Crippen LogP contribution in [0.3, 0.4) is 0 Å². The van der Waals surface area contributed by atoms with Crippen molar-refractivity contribution in [2.75, 3.05) is 19.7 Å². The van der Waals surface area contributed by atoms with Crippen molar-refractivity contribution in [2.24, 2.45) is 17.8 Å². The van der Waals surface area contributed by atoms with E-state index in [4.69, 9.17) is 5.11 Å². The van der Waals surface area contributed by atoms with Crippen molar-refractivity contribution in [1.82, 2.24) is 4.90 Å². The monoisotopic (exact) mass is 267 g/mol. The zero-order valence-corrected chi connectivity index (χ0v) is 11.0. The fraction of sp³-hybridized carbons (Fsp3) is 0.714. The first-order valence-corrected chi connectivity index (χ1v) is 6.91. The number of hydrogen-bond donors (Lipinski definition) is 2. The largest absolute Gasteiger partial charge is 0.481 e. The van der Waals surface area contributed by atoms with Crippen LogP contribution in [0.25, 0.3) is 0 Å². The number of amides is 1. The lowest BCUT2D eigenvalue weighted by Gasteiger charge is -2.35. The number of carboxylic acids is 1. The lowest BCUT2D eigenvalue weighted by molar-refractivity contribution is -0.151. The first-order valence-electron chi connectivity index (χ1n) is 6.91. The quantitative estimate of drug-likeness (QED) is 0.744. The van der Waals surface area contributed by atoms with Crippen LogP contribution in [0.2, 0.25) is 0 Å². The van der Waals surface area contributed by atoms with Crippen LogP contribution in [0.4, 0.5) is 0 Å². The number of allylic oxidation sites excluding steroid dienone is 2. The number of carbonyl (C=O) groups is 2. The minimum Gasteiger partial charge on any atom is -0.481 e. The third-order valence-corrected chi connectivity index (χ3v) is 4.25. The van der Waals surface area contributed by atoms with Gasteiger partial charge in [-0.25, -0.2) is 0 Å². The maximum atomic E-state index is 12.4. The molecule has 0 aromatic carbocycles. The van der Waals surface area contributed by atoms with Crippen molar-refractivity contribution in [3.63, 3.8) is 0 Å². The molecule has 106 valence electrons. The molecule has 1 amide bonds. The molecule has 0 saturated carbocycles. The summed E-state index contributed by atoms with van der Waals surface area (Å²) in [4.78, 5) is 25.4. The van der Waals surface area contributed by atoms with E-state index in [-0.39, 0.29) is 18.4 Å². The summed E-state index contributed by atoms with van der Waals surface area (Å²) < 4.78 is 0. The van der Waals surface area contributed by atoms with Crippen LogP contribution < -0.4 is 0 Å². The number of likely N-dealkylation sites (tertiary alicyclic amines) is 1. The molecular formula is C14H21NO4. The highest BCUT2D eigenvalue weighted by Gasteiger charge is 2.37. The Bertz CT molecular complexity index is 372. The number of hydrogen-bond acceptors (Lipinski definition) is 3. The van der Waals surface area contributed by atoms with Gasteiger partial charge in [0.2, 0.25) is 5.91 Å². The Kier molecular flexibility index (Phi) is 4.58. The van der Waals surface area contributed by atoms with Gasteiger partial charge in [-0.3, -0.25) is 9.59 Å². The molecule has 0 spiro atoms. The average molecular weight is 267 g/mol. The number of aliphatic carboxylic acids is 1.